The van der Waals surface area contributed by atoms with E-state index in [1.165, 1.54) is 0 Å². The Morgan fingerprint density at radius 3 is 2.62 bits per heavy atom. The molecule has 1 rings (SSSR count). The first-order valence-electron chi connectivity index (χ1n) is 4.56. The van der Waals surface area contributed by atoms with E-state index in [1.807, 2.05) is 0 Å². The van der Waals surface area contributed by atoms with Gasteiger partial charge in [-0.2, -0.15) is 0 Å². The predicted octanol–water partition coefficient (Wildman–Crippen LogP) is -0.372. The molecule has 1 aliphatic rings. The van der Waals surface area contributed by atoms with Gasteiger partial charge in [0.2, 0.25) is 0 Å². The summed E-state index contributed by atoms with van der Waals surface area (Å²) in [7, 11) is 0. The molecule has 1 saturated carbocycles. The Morgan fingerprint density at radius 2 is 2.08 bits per heavy atom. The topological polar surface area (TPSA) is 90.9 Å². The summed E-state index contributed by atoms with van der Waals surface area (Å²) >= 11 is 0. The van der Waals surface area contributed by atoms with Gasteiger partial charge in [-0.3, -0.25) is 0 Å². The molecule has 0 aliphatic heterocycles. The van der Waals surface area contributed by atoms with Crippen molar-refractivity contribution in [3.8, 4) is 0 Å². The minimum absolute atomic E-state index is 0.140. The first kappa shape index (κ1) is 10.3. The molecule has 5 heteroatoms. The lowest BCUT2D eigenvalue weighted by atomic mass is 10.0. The molecule has 0 radical (unpaired) electrons. The van der Waals surface area contributed by atoms with Crippen LogP contribution in [0.5, 0.6) is 0 Å². The molecular weight excluding hydrogens is 170 g/mol. The third-order valence-corrected chi connectivity index (χ3v) is 2.42. The van der Waals surface area contributed by atoms with Crippen molar-refractivity contribution in [2.24, 2.45) is 10.9 Å². The zero-order valence-electron chi connectivity index (χ0n) is 7.66. The molecule has 0 amide bonds. The summed E-state index contributed by atoms with van der Waals surface area (Å²) in [5, 5.41) is 23.9. The monoisotopic (exact) mass is 187 g/mol. The number of hydrogen-bond acceptors (Lipinski definition) is 4. The van der Waals surface area contributed by atoms with Gasteiger partial charge >= 0.3 is 0 Å². The summed E-state index contributed by atoms with van der Waals surface area (Å²) in [4.78, 5) is 0. The fraction of sp³-hybridized carbons (Fsp3) is 0.875. The summed E-state index contributed by atoms with van der Waals surface area (Å²) < 4.78 is 0. The van der Waals surface area contributed by atoms with Crippen LogP contribution in [0.4, 0.5) is 0 Å². The zero-order chi connectivity index (χ0) is 9.73. The Balaban J connectivity index is 2.18. The number of nitrogens with two attached hydrogens (primary N) is 1. The van der Waals surface area contributed by atoms with Crippen LogP contribution in [-0.2, 0) is 0 Å². The van der Waals surface area contributed by atoms with Gasteiger partial charge in [0, 0.05) is 6.54 Å². The van der Waals surface area contributed by atoms with Gasteiger partial charge in [0.1, 0.15) is 0 Å². The number of aliphatic hydroxyl groups is 1. The van der Waals surface area contributed by atoms with Crippen LogP contribution >= 0.6 is 0 Å². The summed E-state index contributed by atoms with van der Waals surface area (Å²) in [6.07, 6.45) is 3.86. The average molecular weight is 187 g/mol. The van der Waals surface area contributed by atoms with Crippen molar-refractivity contribution in [3.05, 3.63) is 0 Å². The Labute approximate surface area is 77.6 Å². The third kappa shape index (κ3) is 3.20. The van der Waals surface area contributed by atoms with E-state index in [2.05, 4.69) is 10.5 Å². The average Bonchev–Trinajstić information content (AvgIpc) is 2.52. The lowest BCUT2D eigenvalue weighted by molar-refractivity contribution is 0.0490. The molecule has 0 heterocycles. The highest BCUT2D eigenvalue weighted by Gasteiger charge is 2.30. The predicted molar refractivity (Wildman–Crippen MR) is 49.7 cm³/mol. The molecule has 5 N–H and O–H groups in total. The lowest BCUT2D eigenvalue weighted by Gasteiger charge is -2.22. The van der Waals surface area contributed by atoms with Crippen LogP contribution in [0.15, 0.2) is 5.16 Å². The van der Waals surface area contributed by atoms with Crippen LogP contribution < -0.4 is 11.1 Å². The highest BCUT2D eigenvalue weighted by atomic mass is 16.4. The molecule has 0 aromatic rings. The Hall–Kier alpha value is -0.810. The number of amidine groups is 1. The molecular formula is C8H17N3O2. The van der Waals surface area contributed by atoms with Gasteiger partial charge in [-0.15, -0.1) is 0 Å². The van der Waals surface area contributed by atoms with Crippen molar-refractivity contribution in [2.45, 2.75) is 31.3 Å². The van der Waals surface area contributed by atoms with Gasteiger partial charge < -0.3 is 21.4 Å². The normalized spacial score (nSPS) is 22.1. The van der Waals surface area contributed by atoms with Gasteiger partial charge in [-0.1, -0.05) is 18.0 Å². The molecule has 1 aliphatic carbocycles. The van der Waals surface area contributed by atoms with Crippen LogP contribution in [0.1, 0.15) is 25.7 Å². The smallest absolute Gasteiger partial charge is 0.153 e. The number of oxime groups is 1. The summed E-state index contributed by atoms with van der Waals surface area (Å²) in [5.41, 5.74) is 4.68. The van der Waals surface area contributed by atoms with Crippen molar-refractivity contribution in [2.75, 3.05) is 13.1 Å². The van der Waals surface area contributed by atoms with E-state index < -0.39 is 5.60 Å². The molecule has 1 fully saturated rings. The number of hydrogen-bond donors (Lipinski definition) is 4. The maximum Gasteiger partial charge on any atom is 0.153 e. The van der Waals surface area contributed by atoms with Gasteiger partial charge in [0.15, 0.2) is 5.84 Å². The number of nitrogens with one attached hydrogen (secondary N) is 1. The fourth-order valence-corrected chi connectivity index (χ4v) is 1.67. The highest BCUT2D eigenvalue weighted by Crippen LogP contribution is 2.28. The van der Waals surface area contributed by atoms with Crippen LogP contribution in [0.3, 0.4) is 0 Å². The van der Waals surface area contributed by atoms with E-state index in [4.69, 9.17) is 10.9 Å². The zero-order valence-corrected chi connectivity index (χ0v) is 7.66. The van der Waals surface area contributed by atoms with Gasteiger partial charge in [0.25, 0.3) is 0 Å². The van der Waals surface area contributed by atoms with E-state index in [1.54, 1.807) is 0 Å². The maximum atomic E-state index is 9.87. The fourth-order valence-electron chi connectivity index (χ4n) is 1.67. The lowest BCUT2D eigenvalue weighted by Crippen LogP contribution is -2.41. The van der Waals surface area contributed by atoms with E-state index in [9.17, 15) is 5.11 Å². The van der Waals surface area contributed by atoms with E-state index in [-0.39, 0.29) is 5.84 Å². The van der Waals surface area contributed by atoms with Crippen LogP contribution in [0, 0.1) is 0 Å². The SMILES string of the molecule is NC(CNCC1(O)CCCC1)=NO. The Morgan fingerprint density at radius 1 is 1.46 bits per heavy atom. The molecule has 0 unspecified atom stereocenters. The van der Waals surface area contributed by atoms with Crippen LogP contribution in [0.2, 0.25) is 0 Å². The first-order valence-corrected chi connectivity index (χ1v) is 4.56. The molecule has 0 bridgehead atoms. The molecule has 5 nitrogen and oxygen atoms in total. The maximum absolute atomic E-state index is 9.87. The van der Waals surface area contributed by atoms with Crippen LogP contribution in [-0.4, -0.2) is 34.8 Å². The standard InChI is InChI=1S/C8H17N3O2/c9-7(11-13)5-10-6-8(12)3-1-2-4-8/h10,12-13H,1-6H2,(H2,9,11). The summed E-state index contributed by atoms with van der Waals surface area (Å²) in [6.45, 7) is 0.835. The molecule has 0 aromatic heterocycles. The summed E-state index contributed by atoms with van der Waals surface area (Å²) in [6, 6.07) is 0. The number of nitrogens with zero attached hydrogens (tertiary/aromatic N) is 1. The van der Waals surface area contributed by atoms with E-state index in [0.717, 1.165) is 25.7 Å². The van der Waals surface area contributed by atoms with Crippen molar-refractivity contribution >= 4 is 5.84 Å². The minimum Gasteiger partial charge on any atom is -0.409 e. The molecule has 0 spiro atoms. The second-order valence-corrected chi connectivity index (χ2v) is 3.63. The van der Waals surface area contributed by atoms with E-state index >= 15 is 0 Å². The quantitative estimate of drug-likeness (QED) is 0.209. The van der Waals surface area contributed by atoms with E-state index in [0.29, 0.717) is 13.1 Å². The third-order valence-electron chi connectivity index (χ3n) is 2.42. The van der Waals surface area contributed by atoms with Gasteiger partial charge in [0.05, 0.1) is 12.1 Å². The largest absolute Gasteiger partial charge is 0.409 e. The van der Waals surface area contributed by atoms with Gasteiger partial charge in [-0.25, -0.2) is 0 Å². The second kappa shape index (κ2) is 4.43. The first-order chi connectivity index (χ1) is 6.16. The second-order valence-electron chi connectivity index (χ2n) is 3.63. The Bertz CT molecular complexity index is 188. The number of rotatable bonds is 4. The minimum atomic E-state index is -0.574. The van der Waals surface area contributed by atoms with Crippen molar-refractivity contribution in [1.29, 1.82) is 0 Å². The van der Waals surface area contributed by atoms with Crippen LogP contribution in [0.25, 0.3) is 0 Å². The van der Waals surface area contributed by atoms with Crippen molar-refractivity contribution in [3.63, 3.8) is 0 Å². The molecule has 76 valence electrons. The van der Waals surface area contributed by atoms with Crippen molar-refractivity contribution < 1.29 is 10.3 Å². The highest BCUT2D eigenvalue weighted by molar-refractivity contribution is 5.81. The molecule has 0 saturated heterocycles. The Kier molecular flexibility index (Phi) is 3.50. The summed E-state index contributed by atoms with van der Waals surface area (Å²) in [5.74, 6) is 0.140. The molecule has 0 atom stereocenters. The van der Waals surface area contributed by atoms with Gasteiger partial charge in [-0.05, 0) is 12.8 Å². The van der Waals surface area contributed by atoms with Crippen molar-refractivity contribution in [1.82, 2.24) is 5.32 Å². The molecule has 0 aromatic carbocycles. The molecule has 13 heavy (non-hydrogen) atoms.